The molecule has 1 atom stereocenters. The second kappa shape index (κ2) is 8.28. The van der Waals surface area contributed by atoms with Crippen LogP contribution in [-0.2, 0) is 6.54 Å². The number of ether oxygens (including phenoxy) is 1. The van der Waals surface area contributed by atoms with Crippen molar-refractivity contribution in [3.63, 3.8) is 0 Å². The van der Waals surface area contributed by atoms with E-state index in [4.69, 9.17) is 4.74 Å². The first kappa shape index (κ1) is 18.9. The Morgan fingerprint density at radius 3 is 2.55 bits per heavy atom. The van der Waals surface area contributed by atoms with Gasteiger partial charge in [0.15, 0.2) is 0 Å². The molecule has 1 aromatic carbocycles. The number of hydrogen-bond acceptors (Lipinski definition) is 5. The van der Waals surface area contributed by atoms with Crippen molar-refractivity contribution in [2.75, 3.05) is 7.11 Å². The predicted octanol–water partition coefficient (Wildman–Crippen LogP) is 3.62. The number of methoxy groups -OCH3 is 1. The molecular weight excluding hydrogens is 364 g/mol. The van der Waals surface area contributed by atoms with Crippen molar-refractivity contribution >= 4 is 0 Å². The largest absolute Gasteiger partial charge is 0.497 e. The number of rotatable bonds is 7. The molecule has 0 bridgehead atoms. The molecule has 0 aliphatic rings. The summed E-state index contributed by atoms with van der Waals surface area (Å²) < 4.78 is 9.18. The van der Waals surface area contributed by atoms with Gasteiger partial charge in [-0.05, 0) is 56.3 Å². The molecule has 7 nitrogen and oxygen atoms in total. The summed E-state index contributed by atoms with van der Waals surface area (Å²) in [6, 6.07) is 13.9. The molecule has 29 heavy (non-hydrogen) atoms. The van der Waals surface area contributed by atoms with Crippen LogP contribution < -0.4 is 10.1 Å². The van der Waals surface area contributed by atoms with Gasteiger partial charge in [-0.25, -0.2) is 14.6 Å². The molecule has 4 rings (SSSR count). The number of hydrogen-bond donors (Lipinski definition) is 1. The summed E-state index contributed by atoms with van der Waals surface area (Å²) in [5.74, 6) is 1.50. The van der Waals surface area contributed by atoms with E-state index in [-0.39, 0.29) is 6.04 Å². The Morgan fingerprint density at radius 1 is 1.07 bits per heavy atom. The van der Waals surface area contributed by atoms with Gasteiger partial charge in [-0.2, -0.15) is 5.10 Å². The average molecular weight is 388 g/mol. The molecular formula is C22H24N6O. The minimum atomic E-state index is 0.141. The van der Waals surface area contributed by atoms with Crippen molar-refractivity contribution in [2.45, 2.75) is 26.4 Å². The van der Waals surface area contributed by atoms with Gasteiger partial charge in [-0.1, -0.05) is 0 Å². The maximum atomic E-state index is 5.24. The Balaban J connectivity index is 1.48. The standard InChI is InChI=1S/C22H24N6O/c1-16(25-14-19-6-4-13-27(19)22-23-11-5-12-24-22)21-15-26-28(17(21)2)18-7-9-20(29-3)10-8-18/h4-13,15-16,25H,14H2,1-3H3/t16-/m0/s1. The number of nitrogens with one attached hydrogen (secondary N) is 1. The van der Waals surface area contributed by atoms with Crippen LogP contribution in [0.3, 0.4) is 0 Å². The van der Waals surface area contributed by atoms with Crippen LogP contribution >= 0.6 is 0 Å². The maximum absolute atomic E-state index is 5.24. The van der Waals surface area contributed by atoms with Crippen molar-refractivity contribution in [1.29, 1.82) is 0 Å². The highest BCUT2D eigenvalue weighted by Gasteiger charge is 2.15. The lowest BCUT2D eigenvalue weighted by molar-refractivity contribution is 0.414. The van der Waals surface area contributed by atoms with Gasteiger partial charge in [0.25, 0.3) is 0 Å². The molecule has 0 unspecified atom stereocenters. The van der Waals surface area contributed by atoms with E-state index in [1.807, 2.05) is 58.0 Å². The van der Waals surface area contributed by atoms with Crippen LogP contribution in [0.15, 0.2) is 67.3 Å². The van der Waals surface area contributed by atoms with Gasteiger partial charge in [0.05, 0.1) is 19.0 Å². The molecule has 0 radical (unpaired) electrons. The summed E-state index contributed by atoms with van der Waals surface area (Å²) in [7, 11) is 1.67. The van der Waals surface area contributed by atoms with Crippen LogP contribution in [0, 0.1) is 6.92 Å². The lowest BCUT2D eigenvalue weighted by Gasteiger charge is -2.15. The maximum Gasteiger partial charge on any atom is 0.233 e. The Labute approximate surface area is 170 Å². The van der Waals surface area contributed by atoms with Gasteiger partial charge >= 0.3 is 0 Å². The predicted molar refractivity (Wildman–Crippen MR) is 111 cm³/mol. The molecule has 0 aliphatic carbocycles. The summed E-state index contributed by atoms with van der Waals surface area (Å²) in [6.07, 6.45) is 7.40. The molecule has 1 N–H and O–H groups in total. The topological polar surface area (TPSA) is 69.8 Å². The van der Waals surface area contributed by atoms with Crippen LogP contribution in [0.25, 0.3) is 11.6 Å². The Hall–Kier alpha value is -3.45. The lowest BCUT2D eigenvalue weighted by atomic mass is 10.1. The monoisotopic (exact) mass is 388 g/mol. The second-order valence-electron chi connectivity index (χ2n) is 6.82. The van der Waals surface area contributed by atoms with Gasteiger partial charge < -0.3 is 10.1 Å². The lowest BCUT2D eigenvalue weighted by Crippen LogP contribution is -2.20. The Morgan fingerprint density at radius 2 is 1.83 bits per heavy atom. The molecule has 7 heteroatoms. The highest BCUT2D eigenvalue weighted by atomic mass is 16.5. The first-order valence-electron chi connectivity index (χ1n) is 9.53. The van der Waals surface area contributed by atoms with E-state index in [2.05, 4.69) is 40.3 Å². The van der Waals surface area contributed by atoms with Gasteiger partial charge in [-0.3, -0.25) is 4.57 Å². The number of benzene rings is 1. The van der Waals surface area contributed by atoms with E-state index < -0.39 is 0 Å². The van der Waals surface area contributed by atoms with Gasteiger partial charge in [-0.15, -0.1) is 0 Å². The smallest absolute Gasteiger partial charge is 0.233 e. The van der Waals surface area contributed by atoms with E-state index in [0.29, 0.717) is 12.5 Å². The Kier molecular flexibility index (Phi) is 5.39. The van der Waals surface area contributed by atoms with Crippen molar-refractivity contribution in [3.05, 3.63) is 84.2 Å². The van der Waals surface area contributed by atoms with Crippen LogP contribution in [0.2, 0.25) is 0 Å². The zero-order valence-corrected chi connectivity index (χ0v) is 16.8. The van der Waals surface area contributed by atoms with E-state index >= 15 is 0 Å². The third-order valence-corrected chi connectivity index (χ3v) is 5.02. The van der Waals surface area contributed by atoms with E-state index in [1.54, 1.807) is 19.5 Å². The summed E-state index contributed by atoms with van der Waals surface area (Å²) >= 11 is 0. The average Bonchev–Trinajstić information content (AvgIpc) is 3.39. The molecule has 148 valence electrons. The van der Waals surface area contributed by atoms with E-state index in [1.165, 1.54) is 0 Å². The van der Waals surface area contributed by atoms with Crippen LogP contribution in [-0.4, -0.2) is 31.4 Å². The first-order valence-corrected chi connectivity index (χ1v) is 9.53. The van der Waals surface area contributed by atoms with Crippen molar-refractivity contribution in [1.82, 2.24) is 29.6 Å². The van der Waals surface area contributed by atoms with Gasteiger partial charge in [0, 0.05) is 48.1 Å². The van der Waals surface area contributed by atoms with Crippen molar-refractivity contribution < 1.29 is 4.74 Å². The molecule has 0 spiro atoms. The Bertz CT molecular complexity index is 1070. The van der Waals surface area contributed by atoms with Crippen molar-refractivity contribution in [3.8, 4) is 17.4 Å². The minimum absolute atomic E-state index is 0.141. The molecule has 0 amide bonds. The summed E-state index contributed by atoms with van der Waals surface area (Å²) in [6.45, 7) is 4.93. The molecule has 3 heterocycles. The van der Waals surface area contributed by atoms with Crippen molar-refractivity contribution in [2.24, 2.45) is 0 Å². The van der Waals surface area contributed by atoms with Gasteiger partial charge in [0.1, 0.15) is 5.75 Å². The van der Waals surface area contributed by atoms with E-state index in [0.717, 1.165) is 28.4 Å². The number of aromatic nitrogens is 5. The highest BCUT2D eigenvalue weighted by Crippen LogP contribution is 2.22. The normalized spacial score (nSPS) is 12.1. The SMILES string of the molecule is COc1ccc(-n2ncc([C@H](C)NCc3cccn3-c3ncccn3)c2C)cc1. The zero-order valence-electron chi connectivity index (χ0n) is 16.8. The van der Waals surface area contributed by atoms with Gasteiger partial charge in [0.2, 0.25) is 5.95 Å². The van der Waals surface area contributed by atoms with Crippen LogP contribution in [0.1, 0.15) is 29.9 Å². The van der Waals surface area contributed by atoms with E-state index in [9.17, 15) is 0 Å². The highest BCUT2D eigenvalue weighted by molar-refractivity contribution is 5.39. The fourth-order valence-corrected chi connectivity index (χ4v) is 3.37. The second-order valence-corrected chi connectivity index (χ2v) is 6.82. The molecule has 4 aromatic rings. The third kappa shape index (κ3) is 3.90. The summed E-state index contributed by atoms with van der Waals surface area (Å²) in [5.41, 5.74) is 4.38. The summed E-state index contributed by atoms with van der Waals surface area (Å²) in [5, 5.41) is 8.17. The molecule has 0 fully saturated rings. The first-order chi connectivity index (χ1) is 14.2. The molecule has 0 saturated carbocycles. The minimum Gasteiger partial charge on any atom is -0.497 e. The fourth-order valence-electron chi connectivity index (χ4n) is 3.37. The fraction of sp³-hybridized carbons (Fsp3) is 0.227. The quantitative estimate of drug-likeness (QED) is 0.524. The molecule has 0 aliphatic heterocycles. The van der Waals surface area contributed by atoms with Crippen LogP contribution in [0.4, 0.5) is 0 Å². The third-order valence-electron chi connectivity index (χ3n) is 5.02. The van der Waals surface area contributed by atoms with Crippen LogP contribution in [0.5, 0.6) is 5.75 Å². The summed E-state index contributed by atoms with van der Waals surface area (Å²) in [4.78, 5) is 8.66. The molecule has 0 saturated heterocycles. The zero-order chi connectivity index (χ0) is 20.2. The number of nitrogens with zero attached hydrogens (tertiary/aromatic N) is 5. The molecule has 3 aromatic heterocycles.